The lowest BCUT2D eigenvalue weighted by Crippen LogP contribution is -2.22. The highest BCUT2D eigenvalue weighted by Crippen LogP contribution is 1.94. The van der Waals surface area contributed by atoms with Gasteiger partial charge in [-0.1, -0.05) is 50.8 Å². The van der Waals surface area contributed by atoms with E-state index < -0.39 is 0 Å². The normalized spacial score (nSPS) is 11.9. The Morgan fingerprint density at radius 1 is 1.00 bits per heavy atom. The molecule has 0 atom stereocenters. The summed E-state index contributed by atoms with van der Waals surface area (Å²) in [6.07, 6.45) is 12.7. The van der Waals surface area contributed by atoms with Crippen LogP contribution in [-0.2, 0) is 0 Å². The third-order valence-electron chi connectivity index (χ3n) is 2.20. The van der Waals surface area contributed by atoms with Crippen LogP contribution in [0.15, 0.2) is 37.0 Å². The van der Waals surface area contributed by atoms with Crippen LogP contribution in [0.2, 0.25) is 0 Å². The van der Waals surface area contributed by atoms with Crippen molar-refractivity contribution >= 4 is 0 Å². The van der Waals surface area contributed by atoms with Crippen LogP contribution in [0.1, 0.15) is 26.7 Å². The summed E-state index contributed by atoms with van der Waals surface area (Å²) in [4.78, 5) is 2.40. The maximum absolute atomic E-state index is 3.63. The van der Waals surface area contributed by atoms with E-state index in [-0.39, 0.29) is 0 Å². The average Bonchev–Trinajstić information content (AvgIpc) is 2.22. The zero-order chi connectivity index (χ0) is 10.6. The lowest BCUT2D eigenvalue weighted by molar-refractivity contribution is 0.337. The van der Waals surface area contributed by atoms with Crippen LogP contribution in [0.3, 0.4) is 0 Å². The van der Waals surface area contributed by atoms with Gasteiger partial charge in [0, 0.05) is 6.54 Å². The van der Waals surface area contributed by atoms with E-state index in [0.29, 0.717) is 0 Å². The highest BCUT2D eigenvalue weighted by atomic mass is 15.1. The maximum atomic E-state index is 3.63. The zero-order valence-electron chi connectivity index (χ0n) is 9.58. The summed E-state index contributed by atoms with van der Waals surface area (Å²) in [7, 11) is 0. The van der Waals surface area contributed by atoms with Crippen LogP contribution >= 0.6 is 0 Å². The summed E-state index contributed by atoms with van der Waals surface area (Å²) in [5, 5.41) is 0. The lowest BCUT2D eigenvalue weighted by Gasteiger charge is -2.14. The standard InChI is InChI=1S/C13H23N/c1-4-7-8-9-10-11-12-13-14(5-2)6-3/h4,7-8,11-12H,1,5-6,9-10,13H2,2-3H3. The van der Waals surface area contributed by atoms with Gasteiger partial charge in [-0.25, -0.2) is 0 Å². The first-order valence-corrected chi connectivity index (χ1v) is 5.50. The first-order valence-electron chi connectivity index (χ1n) is 5.50. The van der Waals surface area contributed by atoms with Gasteiger partial charge in [0.1, 0.15) is 0 Å². The molecule has 14 heavy (non-hydrogen) atoms. The molecular formula is C13H23N. The minimum atomic E-state index is 1.08. The molecule has 1 nitrogen and oxygen atoms in total. The third-order valence-corrected chi connectivity index (χ3v) is 2.20. The van der Waals surface area contributed by atoms with Gasteiger partial charge in [0.25, 0.3) is 0 Å². The molecule has 0 N–H and O–H groups in total. The van der Waals surface area contributed by atoms with Crippen molar-refractivity contribution in [3.63, 3.8) is 0 Å². The first kappa shape index (κ1) is 13.2. The van der Waals surface area contributed by atoms with Crippen LogP contribution in [-0.4, -0.2) is 24.5 Å². The number of unbranched alkanes of at least 4 members (excludes halogenated alkanes) is 1. The van der Waals surface area contributed by atoms with Gasteiger partial charge in [-0.15, -0.1) is 0 Å². The molecule has 0 rings (SSSR count). The Bertz CT molecular complexity index is 176. The minimum Gasteiger partial charge on any atom is -0.300 e. The second-order valence-electron chi connectivity index (χ2n) is 3.20. The van der Waals surface area contributed by atoms with E-state index in [9.17, 15) is 0 Å². The van der Waals surface area contributed by atoms with Crippen LogP contribution in [0.4, 0.5) is 0 Å². The average molecular weight is 193 g/mol. The van der Waals surface area contributed by atoms with Crippen molar-refractivity contribution in [3.05, 3.63) is 37.0 Å². The molecule has 0 aliphatic carbocycles. The van der Waals surface area contributed by atoms with Crippen molar-refractivity contribution in [2.24, 2.45) is 0 Å². The lowest BCUT2D eigenvalue weighted by atomic mass is 10.2. The molecule has 0 spiro atoms. The van der Waals surface area contributed by atoms with E-state index >= 15 is 0 Å². The molecule has 0 aromatic heterocycles. The Hall–Kier alpha value is -0.820. The maximum Gasteiger partial charge on any atom is 0.0162 e. The van der Waals surface area contributed by atoms with E-state index in [1.54, 1.807) is 0 Å². The van der Waals surface area contributed by atoms with Crippen molar-refractivity contribution in [1.29, 1.82) is 0 Å². The highest BCUT2D eigenvalue weighted by molar-refractivity contribution is 4.98. The van der Waals surface area contributed by atoms with E-state index in [0.717, 1.165) is 32.5 Å². The predicted octanol–water partition coefficient (Wildman–Crippen LogP) is 3.41. The van der Waals surface area contributed by atoms with E-state index in [1.807, 2.05) is 12.2 Å². The summed E-state index contributed by atoms with van der Waals surface area (Å²) in [6, 6.07) is 0. The molecule has 80 valence electrons. The van der Waals surface area contributed by atoms with Crippen LogP contribution in [0, 0.1) is 0 Å². The topological polar surface area (TPSA) is 3.24 Å². The van der Waals surface area contributed by atoms with Crippen molar-refractivity contribution in [1.82, 2.24) is 4.90 Å². The third kappa shape index (κ3) is 7.81. The van der Waals surface area contributed by atoms with Crippen molar-refractivity contribution < 1.29 is 0 Å². The van der Waals surface area contributed by atoms with Gasteiger partial charge in [0.15, 0.2) is 0 Å². The molecule has 0 fully saturated rings. The van der Waals surface area contributed by atoms with Crippen molar-refractivity contribution in [2.45, 2.75) is 26.7 Å². The number of hydrogen-bond acceptors (Lipinski definition) is 1. The Labute approximate surface area is 88.8 Å². The molecule has 0 unspecified atom stereocenters. The number of rotatable bonds is 8. The molecular weight excluding hydrogens is 170 g/mol. The molecule has 0 aliphatic heterocycles. The monoisotopic (exact) mass is 193 g/mol. The summed E-state index contributed by atoms with van der Waals surface area (Å²) in [6.45, 7) is 11.4. The number of likely N-dealkylation sites (N-methyl/N-ethyl adjacent to an activating group) is 1. The van der Waals surface area contributed by atoms with E-state index in [4.69, 9.17) is 0 Å². The quantitative estimate of drug-likeness (QED) is 0.324. The van der Waals surface area contributed by atoms with Gasteiger partial charge in [-0.05, 0) is 25.9 Å². The number of nitrogens with zero attached hydrogens (tertiary/aromatic N) is 1. The Morgan fingerprint density at radius 2 is 1.64 bits per heavy atom. The molecule has 0 aromatic carbocycles. The van der Waals surface area contributed by atoms with Gasteiger partial charge in [-0.3, -0.25) is 0 Å². The molecule has 0 heterocycles. The molecule has 0 radical (unpaired) electrons. The minimum absolute atomic E-state index is 1.08. The Kier molecular flexibility index (Phi) is 9.66. The molecule has 0 saturated carbocycles. The van der Waals surface area contributed by atoms with Gasteiger partial charge in [0.05, 0.1) is 0 Å². The highest BCUT2D eigenvalue weighted by Gasteiger charge is 1.92. The molecule has 0 amide bonds. The molecule has 0 aromatic rings. The predicted molar refractivity (Wildman–Crippen MR) is 65.5 cm³/mol. The number of hydrogen-bond donors (Lipinski definition) is 0. The number of allylic oxidation sites excluding steroid dienone is 4. The SMILES string of the molecule is C=CC=CCCC=CCN(CC)CC. The van der Waals surface area contributed by atoms with Gasteiger partial charge in [-0.2, -0.15) is 0 Å². The van der Waals surface area contributed by atoms with E-state index in [1.165, 1.54) is 0 Å². The van der Waals surface area contributed by atoms with E-state index in [2.05, 4.69) is 43.6 Å². The van der Waals surface area contributed by atoms with Gasteiger partial charge >= 0.3 is 0 Å². The molecule has 0 aliphatic rings. The summed E-state index contributed by atoms with van der Waals surface area (Å²) >= 11 is 0. The zero-order valence-corrected chi connectivity index (χ0v) is 9.58. The van der Waals surface area contributed by atoms with Crippen molar-refractivity contribution in [2.75, 3.05) is 19.6 Å². The largest absolute Gasteiger partial charge is 0.300 e. The molecule has 0 saturated heterocycles. The Morgan fingerprint density at radius 3 is 2.21 bits per heavy atom. The summed E-state index contributed by atoms with van der Waals surface area (Å²) in [5.41, 5.74) is 0. The van der Waals surface area contributed by atoms with Crippen LogP contribution in [0.25, 0.3) is 0 Å². The molecule has 1 heteroatoms. The first-order chi connectivity index (χ1) is 6.85. The summed E-state index contributed by atoms with van der Waals surface area (Å²) in [5.74, 6) is 0. The summed E-state index contributed by atoms with van der Waals surface area (Å²) < 4.78 is 0. The molecule has 0 bridgehead atoms. The Balaban J connectivity index is 3.43. The fraction of sp³-hybridized carbons (Fsp3) is 0.538. The fourth-order valence-electron chi connectivity index (χ4n) is 1.21. The van der Waals surface area contributed by atoms with Crippen LogP contribution in [0.5, 0.6) is 0 Å². The van der Waals surface area contributed by atoms with Gasteiger partial charge < -0.3 is 4.90 Å². The van der Waals surface area contributed by atoms with Crippen LogP contribution < -0.4 is 0 Å². The fourth-order valence-corrected chi connectivity index (χ4v) is 1.21. The van der Waals surface area contributed by atoms with Gasteiger partial charge in [0.2, 0.25) is 0 Å². The van der Waals surface area contributed by atoms with Crippen molar-refractivity contribution in [3.8, 4) is 0 Å². The second kappa shape index (κ2) is 10.3. The second-order valence-corrected chi connectivity index (χ2v) is 3.20. The smallest absolute Gasteiger partial charge is 0.0162 e.